The Balaban J connectivity index is 1.94. The van der Waals surface area contributed by atoms with Crippen LogP contribution in [0.2, 0.25) is 0 Å². The normalized spacial score (nSPS) is 15.2. The molecule has 1 aliphatic heterocycles. The minimum absolute atomic E-state index is 0.152. The topological polar surface area (TPSA) is 69.7 Å². The zero-order valence-corrected chi connectivity index (χ0v) is 14.6. The Morgan fingerprint density at radius 2 is 1.83 bits per heavy atom. The van der Waals surface area contributed by atoms with Gasteiger partial charge in [0.2, 0.25) is 15.9 Å². The highest BCUT2D eigenvalue weighted by Crippen LogP contribution is 2.22. The lowest BCUT2D eigenvalue weighted by Crippen LogP contribution is -2.37. The number of nitrogens with one attached hydrogen (secondary N) is 1. The summed E-state index contributed by atoms with van der Waals surface area (Å²) in [6, 6.07) is 7.69. The fraction of sp³-hybridized carbons (Fsp3) is 0.562. The molecule has 0 bridgehead atoms. The summed E-state index contributed by atoms with van der Waals surface area (Å²) >= 11 is 0. The number of carbonyl (C=O) groups is 1. The van der Waals surface area contributed by atoms with E-state index < -0.39 is 10.0 Å². The SMILES string of the molecule is CCCN(CC(=O)Nc1ccc(N2CCCC2)cc1)S(C)(=O)=O. The van der Waals surface area contributed by atoms with E-state index in [9.17, 15) is 13.2 Å². The second kappa shape index (κ2) is 7.79. The maximum atomic E-state index is 12.1. The first-order chi connectivity index (χ1) is 10.9. The molecular weight excluding hydrogens is 314 g/mol. The lowest BCUT2D eigenvalue weighted by atomic mass is 10.2. The maximum Gasteiger partial charge on any atom is 0.239 e. The van der Waals surface area contributed by atoms with Crippen molar-refractivity contribution in [3.63, 3.8) is 0 Å². The minimum Gasteiger partial charge on any atom is -0.372 e. The van der Waals surface area contributed by atoms with Crippen molar-refractivity contribution < 1.29 is 13.2 Å². The molecular formula is C16H25N3O3S. The number of hydrogen-bond acceptors (Lipinski definition) is 4. The molecule has 6 nitrogen and oxygen atoms in total. The molecule has 1 amide bonds. The molecule has 23 heavy (non-hydrogen) atoms. The van der Waals surface area contributed by atoms with Gasteiger partial charge in [0.1, 0.15) is 0 Å². The second-order valence-corrected chi connectivity index (χ2v) is 7.87. The molecule has 7 heteroatoms. The molecule has 1 saturated heterocycles. The molecule has 0 spiro atoms. The lowest BCUT2D eigenvalue weighted by Gasteiger charge is -2.19. The van der Waals surface area contributed by atoms with Gasteiger partial charge in [-0.05, 0) is 43.5 Å². The van der Waals surface area contributed by atoms with Gasteiger partial charge in [-0.1, -0.05) is 6.92 Å². The Morgan fingerprint density at radius 1 is 1.22 bits per heavy atom. The van der Waals surface area contributed by atoms with E-state index in [4.69, 9.17) is 0 Å². The summed E-state index contributed by atoms with van der Waals surface area (Å²) in [5, 5.41) is 2.76. The second-order valence-electron chi connectivity index (χ2n) is 5.89. The largest absolute Gasteiger partial charge is 0.372 e. The van der Waals surface area contributed by atoms with Crippen LogP contribution in [-0.2, 0) is 14.8 Å². The van der Waals surface area contributed by atoms with Crippen molar-refractivity contribution in [2.24, 2.45) is 0 Å². The van der Waals surface area contributed by atoms with Crippen LogP contribution in [0.4, 0.5) is 11.4 Å². The predicted octanol–water partition coefficient (Wildman–Crippen LogP) is 1.90. The molecule has 0 saturated carbocycles. The summed E-state index contributed by atoms with van der Waals surface area (Å²) in [6.45, 7) is 4.23. The van der Waals surface area contributed by atoms with E-state index in [1.807, 2.05) is 31.2 Å². The molecule has 0 radical (unpaired) electrons. The zero-order valence-electron chi connectivity index (χ0n) is 13.8. The Kier molecular flexibility index (Phi) is 6.01. The summed E-state index contributed by atoms with van der Waals surface area (Å²) in [6.07, 6.45) is 4.24. The highest BCUT2D eigenvalue weighted by atomic mass is 32.2. The van der Waals surface area contributed by atoms with Crippen LogP contribution in [0.1, 0.15) is 26.2 Å². The third-order valence-electron chi connectivity index (χ3n) is 3.88. The number of carbonyl (C=O) groups excluding carboxylic acids is 1. The molecule has 1 aromatic rings. The summed E-state index contributed by atoms with van der Waals surface area (Å²) in [7, 11) is -3.37. The molecule has 1 aliphatic rings. The van der Waals surface area contributed by atoms with Crippen LogP contribution >= 0.6 is 0 Å². The van der Waals surface area contributed by atoms with E-state index in [1.54, 1.807) is 0 Å². The Hall–Kier alpha value is -1.60. The van der Waals surface area contributed by atoms with Gasteiger partial charge in [-0.25, -0.2) is 8.42 Å². The highest BCUT2D eigenvalue weighted by Gasteiger charge is 2.19. The Morgan fingerprint density at radius 3 is 2.35 bits per heavy atom. The van der Waals surface area contributed by atoms with Gasteiger partial charge < -0.3 is 10.2 Å². The van der Waals surface area contributed by atoms with E-state index >= 15 is 0 Å². The van der Waals surface area contributed by atoms with Crippen molar-refractivity contribution in [1.82, 2.24) is 4.31 Å². The van der Waals surface area contributed by atoms with Crippen molar-refractivity contribution in [3.05, 3.63) is 24.3 Å². The fourth-order valence-corrected chi connectivity index (χ4v) is 3.57. The average molecular weight is 339 g/mol. The molecule has 1 fully saturated rings. The van der Waals surface area contributed by atoms with Gasteiger partial charge in [0.25, 0.3) is 0 Å². The van der Waals surface area contributed by atoms with E-state index in [-0.39, 0.29) is 12.5 Å². The third-order valence-corrected chi connectivity index (χ3v) is 5.13. The molecule has 0 atom stereocenters. The van der Waals surface area contributed by atoms with Crippen LogP contribution in [0.3, 0.4) is 0 Å². The van der Waals surface area contributed by atoms with Crippen LogP contribution in [0.25, 0.3) is 0 Å². The Bertz CT molecular complexity index is 622. The fourth-order valence-electron chi connectivity index (χ4n) is 2.70. The van der Waals surface area contributed by atoms with Crippen LogP contribution < -0.4 is 10.2 Å². The van der Waals surface area contributed by atoms with Gasteiger partial charge >= 0.3 is 0 Å². The van der Waals surface area contributed by atoms with E-state index in [2.05, 4.69) is 10.2 Å². The highest BCUT2D eigenvalue weighted by molar-refractivity contribution is 7.88. The first kappa shape index (κ1) is 17.7. The van der Waals surface area contributed by atoms with Crippen LogP contribution in [0, 0.1) is 0 Å². The monoisotopic (exact) mass is 339 g/mol. The van der Waals surface area contributed by atoms with Crippen molar-refractivity contribution in [2.45, 2.75) is 26.2 Å². The third kappa shape index (κ3) is 5.21. The quantitative estimate of drug-likeness (QED) is 0.824. The number of benzene rings is 1. The maximum absolute atomic E-state index is 12.1. The molecule has 128 valence electrons. The first-order valence-electron chi connectivity index (χ1n) is 8.00. The van der Waals surface area contributed by atoms with Crippen LogP contribution in [0.15, 0.2) is 24.3 Å². The number of anilines is 2. The van der Waals surface area contributed by atoms with Crippen LogP contribution in [0.5, 0.6) is 0 Å². The smallest absolute Gasteiger partial charge is 0.239 e. The molecule has 2 rings (SSSR count). The van der Waals surface area contributed by atoms with Gasteiger partial charge in [-0.3, -0.25) is 4.79 Å². The van der Waals surface area contributed by atoms with E-state index in [0.717, 1.165) is 25.0 Å². The summed E-state index contributed by atoms with van der Waals surface area (Å²) in [5.74, 6) is -0.321. The van der Waals surface area contributed by atoms with Crippen molar-refractivity contribution in [3.8, 4) is 0 Å². The van der Waals surface area contributed by atoms with Gasteiger partial charge in [-0.2, -0.15) is 4.31 Å². The number of amides is 1. The lowest BCUT2D eigenvalue weighted by molar-refractivity contribution is -0.116. The minimum atomic E-state index is -3.37. The van der Waals surface area contributed by atoms with Gasteiger partial charge in [0, 0.05) is 31.0 Å². The molecule has 0 aromatic heterocycles. The average Bonchev–Trinajstić information content (AvgIpc) is 3.01. The van der Waals surface area contributed by atoms with Gasteiger partial charge in [0.15, 0.2) is 0 Å². The van der Waals surface area contributed by atoms with Gasteiger partial charge in [-0.15, -0.1) is 0 Å². The number of sulfonamides is 1. The van der Waals surface area contributed by atoms with Crippen molar-refractivity contribution in [2.75, 3.05) is 42.7 Å². The molecule has 1 N–H and O–H groups in total. The first-order valence-corrected chi connectivity index (χ1v) is 9.85. The van der Waals surface area contributed by atoms with Crippen molar-refractivity contribution in [1.29, 1.82) is 0 Å². The molecule has 0 unspecified atom stereocenters. The van der Waals surface area contributed by atoms with Crippen LogP contribution in [-0.4, -0.2) is 51.1 Å². The Labute approximate surface area is 138 Å². The molecule has 1 aromatic carbocycles. The zero-order chi connectivity index (χ0) is 16.9. The number of nitrogens with zero attached hydrogens (tertiary/aromatic N) is 2. The van der Waals surface area contributed by atoms with E-state index in [1.165, 1.54) is 17.1 Å². The standard InChI is InChI=1S/C16H25N3O3S/c1-3-10-19(23(2,21)22)13-16(20)17-14-6-8-15(9-7-14)18-11-4-5-12-18/h6-9H,3-5,10-13H2,1-2H3,(H,17,20). The molecule has 1 heterocycles. The summed E-state index contributed by atoms with van der Waals surface area (Å²) in [5.41, 5.74) is 1.84. The summed E-state index contributed by atoms with van der Waals surface area (Å²) < 4.78 is 24.5. The molecule has 0 aliphatic carbocycles. The van der Waals surface area contributed by atoms with Gasteiger partial charge in [0.05, 0.1) is 12.8 Å². The number of rotatable bonds is 7. The summed E-state index contributed by atoms with van der Waals surface area (Å²) in [4.78, 5) is 14.4. The van der Waals surface area contributed by atoms with Crippen molar-refractivity contribution >= 4 is 27.3 Å². The van der Waals surface area contributed by atoms with E-state index in [0.29, 0.717) is 18.7 Å². The number of hydrogen-bond donors (Lipinski definition) is 1. The predicted molar refractivity (Wildman–Crippen MR) is 93.2 cm³/mol.